The lowest BCUT2D eigenvalue weighted by atomic mass is 13.1. The third kappa shape index (κ3) is 940. The van der Waals surface area contributed by atoms with Gasteiger partial charge in [0.05, 0.1) is 7.82 Å². The van der Waals surface area contributed by atoms with Gasteiger partial charge in [0.2, 0.25) is 0 Å². The maximum Gasteiger partial charge on any atom is 0.291 e. The summed E-state index contributed by atoms with van der Waals surface area (Å²) < 4.78 is 8.66. The molecule has 0 spiro atoms. The van der Waals surface area contributed by atoms with Crippen molar-refractivity contribution in [2.24, 2.45) is 0 Å². The minimum atomic E-state index is -5.14. The number of quaternary nitrogens is 2. The minimum Gasteiger partial charge on any atom is -0.790 e. The third-order valence-corrected chi connectivity index (χ3v) is 0. The Balaban J connectivity index is -0.0000000221. The van der Waals surface area contributed by atoms with Gasteiger partial charge in [-0.1, -0.05) is 0 Å². The summed E-state index contributed by atoms with van der Waals surface area (Å²) in [4.78, 5) is 32.6. The molecule has 80 valence electrons. The summed E-state index contributed by atoms with van der Waals surface area (Å²) in [6.45, 7) is 0. The Morgan fingerprint density at radius 1 is 1.25 bits per heavy atom. The zero-order valence-corrected chi connectivity index (χ0v) is 7.22. The fourth-order valence-electron chi connectivity index (χ4n) is 0. The molecule has 12 heavy (non-hydrogen) atoms. The highest BCUT2D eigenvalue weighted by Gasteiger charge is 1.65. The van der Waals surface area contributed by atoms with Crippen molar-refractivity contribution in [1.82, 2.24) is 12.3 Å². The van der Waals surface area contributed by atoms with E-state index in [9.17, 15) is 0 Å². The van der Waals surface area contributed by atoms with Gasteiger partial charge in [-0.3, -0.25) is 0 Å². The molecule has 11 nitrogen and oxygen atoms in total. The van der Waals surface area contributed by atoms with Crippen molar-refractivity contribution in [2.45, 2.75) is 0 Å². The molecule has 0 aromatic carbocycles. The van der Waals surface area contributed by atoms with E-state index in [0.29, 0.717) is 0 Å². The molecule has 0 saturated carbocycles. The normalized spacial score (nSPS) is 6.92. The van der Waals surface area contributed by atoms with Crippen LogP contribution in [0.15, 0.2) is 0 Å². The molecular weight excluding hydrogens is 201 g/mol. The lowest BCUT2D eigenvalue weighted by Crippen LogP contribution is -2.11. The SMILES string of the molecule is O.O=P([O-])([O-])O.O=[N+]([O-])O.[NH4+].[NH4+]. The monoisotopic (exact) mass is 213 g/mol. The molecule has 0 radical (unpaired) electrons. The van der Waals surface area contributed by atoms with Crippen LogP contribution in [0.4, 0.5) is 0 Å². The van der Waals surface area contributed by atoms with E-state index in [1.54, 1.807) is 0 Å². The zero-order valence-electron chi connectivity index (χ0n) is 6.33. The van der Waals surface area contributed by atoms with Crippen LogP contribution in [-0.4, -0.2) is 20.7 Å². The Hall–Kier alpha value is -0.810. The van der Waals surface area contributed by atoms with Crippen LogP contribution in [0.3, 0.4) is 0 Å². The first-order valence-corrected chi connectivity index (χ1v) is 2.81. The van der Waals surface area contributed by atoms with Crippen LogP contribution in [-0.2, 0) is 4.57 Å². The van der Waals surface area contributed by atoms with Crippen LogP contribution in [0, 0.1) is 10.1 Å². The number of hydrogen-bond donors (Lipinski definition) is 4. The maximum atomic E-state index is 8.66. The Bertz CT molecular complexity index is 114. The molecule has 0 aliphatic carbocycles. The van der Waals surface area contributed by atoms with Gasteiger partial charge in [-0.2, -0.15) is 0 Å². The number of rotatable bonds is 0. The topological polar surface area (TPSA) is 251 Å². The Morgan fingerprint density at radius 2 is 1.25 bits per heavy atom. The second-order valence-electron chi connectivity index (χ2n) is 0.706. The highest BCUT2D eigenvalue weighted by molar-refractivity contribution is 7.42. The molecule has 0 unspecified atom stereocenters. The van der Waals surface area contributed by atoms with Crippen molar-refractivity contribution in [3.8, 4) is 0 Å². The van der Waals surface area contributed by atoms with Crippen LogP contribution in [0.1, 0.15) is 0 Å². The summed E-state index contributed by atoms with van der Waals surface area (Å²) >= 11 is 0. The van der Waals surface area contributed by atoms with Crippen LogP contribution in [0.5, 0.6) is 0 Å². The summed E-state index contributed by atoms with van der Waals surface area (Å²) in [5, 5.41) is 13.6. The number of phosphoric acid groups is 1. The van der Waals surface area contributed by atoms with E-state index in [4.69, 9.17) is 34.6 Å². The summed E-state index contributed by atoms with van der Waals surface area (Å²) in [7, 11) is -5.14. The first-order chi connectivity index (χ1) is 3.73. The molecule has 0 heterocycles. The third-order valence-electron chi connectivity index (χ3n) is 0. The molecule has 0 bridgehead atoms. The van der Waals surface area contributed by atoms with E-state index >= 15 is 0 Å². The quantitative estimate of drug-likeness (QED) is 0.189. The van der Waals surface area contributed by atoms with Crippen molar-refractivity contribution >= 4 is 7.82 Å². The van der Waals surface area contributed by atoms with Gasteiger partial charge in [0.25, 0.3) is 5.09 Å². The molecule has 0 aliphatic rings. The molecule has 0 amide bonds. The van der Waals surface area contributed by atoms with Gasteiger partial charge < -0.3 is 42.2 Å². The zero-order chi connectivity index (χ0) is 8.08. The first kappa shape index (κ1) is 30.3. The van der Waals surface area contributed by atoms with Gasteiger partial charge >= 0.3 is 0 Å². The van der Waals surface area contributed by atoms with Gasteiger partial charge in [0.15, 0.2) is 0 Å². The smallest absolute Gasteiger partial charge is 0.291 e. The fourth-order valence-corrected chi connectivity index (χ4v) is 0. The summed E-state index contributed by atoms with van der Waals surface area (Å²) in [6.07, 6.45) is 0. The molecule has 12 heteroatoms. The van der Waals surface area contributed by atoms with Crippen LogP contribution in [0.2, 0.25) is 0 Å². The molecule has 12 N–H and O–H groups in total. The van der Waals surface area contributed by atoms with Crippen LogP contribution < -0.4 is 22.1 Å². The molecule has 0 fully saturated rings. The Kier molecular flexibility index (Phi) is 32.4. The van der Waals surface area contributed by atoms with Gasteiger partial charge in [-0.05, 0) is 0 Å². The first-order valence-electron chi connectivity index (χ1n) is 1.31. The van der Waals surface area contributed by atoms with Gasteiger partial charge in [-0.15, -0.1) is 10.1 Å². The molecule has 0 aromatic heterocycles. The second-order valence-corrected chi connectivity index (χ2v) is 1.64. The Morgan fingerprint density at radius 3 is 1.25 bits per heavy atom. The fraction of sp³-hybridized carbons (Fsp3) is 0. The van der Waals surface area contributed by atoms with E-state index in [2.05, 4.69) is 0 Å². The summed E-state index contributed by atoms with van der Waals surface area (Å²) in [5.74, 6) is 0. The summed E-state index contributed by atoms with van der Waals surface area (Å²) in [5.41, 5.74) is 0. The highest BCUT2D eigenvalue weighted by atomic mass is 31.2. The lowest BCUT2D eigenvalue weighted by molar-refractivity contribution is -0.742. The molecule has 0 atom stereocenters. The molecule has 0 aliphatic heterocycles. The highest BCUT2D eigenvalue weighted by Crippen LogP contribution is 2.11. The van der Waals surface area contributed by atoms with E-state index in [0.717, 1.165) is 0 Å². The van der Waals surface area contributed by atoms with E-state index in [1.165, 1.54) is 0 Å². The van der Waals surface area contributed by atoms with Gasteiger partial charge in [-0.25, -0.2) is 0 Å². The minimum absolute atomic E-state index is 0. The predicted molar refractivity (Wildman–Crippen MR) is 34.2 cm³/mol. The number of nitrogens with zero attached hydrogens (tertiary/aromatic N) is 1. The molecule has 0 rings (SSSR count). The van der Waals surface area contributed by atoms with E-state index in [1.807, 2.05) is 0 Å². The summed E-state index contributed by atoms with van der Waals surface area (Å²) in [6, 6.07) is 0. The van der Waals surface area contributed by atoms with Crippen LogP contribution in [0.25, 0.3) is 0 Å². The lowest BCUT2D eigenvalue weighted by Gasteiger charge is -2.19. The van der Waals surface area contributed by atoms with Crippen molar-refractivity contribution < 1.29 is 35.0 Å². The predicted octanol–water partition coefficient (Wildman–Crippen LogP) is -2.61. The second kappa shape index (κ2) is 12.8. The Labute approximate surface area is 66.5 Å². The van der Waals surface area contributed by atoms with Crippen molar-refractivity contribution in [3.63, 3.8) is 0 Å². The van der Waals surface area contributed by atoms with Gasteiger partial charge in [0.1, 0.15) is 0 Å². The van der Waals surface area contributed by atoms with E-state index < -0.39 is 12.9 Å². The van der Waals surface area contributed by atoms with E-state index in [-0.39, 0.29) is 17.8 Å². The molecule has 0 aromatic rings. The standard InChI is InChI=1S/HNO3.2H3N.H3O4P.H2O/c2-1(3)4;;;1-5(2,3)4;/h(H,2,3,4);2*1H3;(H3,1,2,3,4);1H2. The van der Waals surface area contributed by atoms with Crippen molar-refractivity contribution in [2.75, 3.05) is 0 Å². The van der Waals surface area contributed by atoms with Crippen LogP contribution >= 0.6 is 7.82 Å². The molecular formula is H12N3O8P. The average Bonchev–Trinajstić information content (AvgIpc) is 1.19. The van der Waals surface area contributed by atoms with Gasteiger partial charge in [0, 0.05) is 0 Å². The van der Waals surface area contributed by atoms with Crippen molar-refractivity contribution in [3.05, 3.63) is 10.1 Å². The average molecular weight is 213 g/mol. The molecule has 0 saturated heterocycles. The number of hydrogen-bond acceptors (Lipinski definition) is 5. The maximum absolute atomic E-state index is 8.66. The largest absolute Gasteiger partial charge is 0.790 e. The van der Waals surface area contributed by atoms with Crippen molar-refractivity contribution in [1.29, 1.82) is 0 Å².